The fraction of sp³-hybridized carbons (Fsp3) is 0.767. The highest BCUT2D eigenvalue weighted by molar-refractivity contribution is 5.40. The summed E-state index contributed by atoms with van der Waals surface area (Å²) in [5.74, 6) is -0.414. The van der Waals surface area contributed by atoms with Gasteiger partial charge in [-0.25, -0.2) is 4.39 Å². The van der Waals surface area contributed by atoms with Crippen LogP contribution in [0.2, 0.25) is 0 Å². The molecule has 1 aromatic carbocycles. The summed E-state index contributed by atoms with van der Waals surface area (Å²) < 4.78 is 25.2. The topological polar surface area (TPSA) is 62.5 Å². The van der Waals surface area contributed by atoms with Crippen LogP contribution in [0, 0.1) is 24.1 Å². The minimum atomic E-state index is -0.453. The van der Waals surface area contributed by atoms with Crippen LogP contribution in [0.4, 0.5) is 4.39 Å². The Bertz CT molecular complexity index is 689. The number of rotatable bonds is 23. The van der Waals surface area contributed by atoms with Crippen molar-refractivity contribution in [2.75, 3.05) is 19.8 Å². The van der Waals surface area contributed by atoms with E-state index in [-0.39, 0.29) is 13.2 Å². The Labute approximate surface area is 214 Å². The standard InChI is InChI=1S/C30H50FNO3/c1-3-4-5-6-7-8-9-10-11-12-13-14-15-16-17-18-19-34-25-29(23-33)35-24-27-20-28(22-32)26(2)30(31)21-27/h20-21,29,33H,3-19,23-25H2,1-2H3/t29-/m0/s1. The molecule has 0 heterocycles. The molecule has 0 saturated heterocycles. The Hall–Kier alpha value is -1.48. The molecule has 0 unspecified atom stereocenters. The number of aliphatic hydroxyl groups is 1. The lowest BCUT2D eigenvalue weighted by Crippen LogP contribution is -2.24. The Morgan fingerprint density at radius 3 is 1.86 bits per heavy atom. The van der Waals surface area contributed by atoms with Crippen molar-refractivity contribution in [3.8, 4) is 6.07 Å². The summed E-state index contributed by atoms with van der Waals surface area (Å²) in [7, 11) is 0. The smallest absolute Gasteiger partial charge is 0.127 e. The van der Waals surface area contributed by atoms with Crippen LogP contribution in [-0.4, -0.2) is 31.0 Å². The molecule has 200 valence electrons. The molecule has 5 heteroatoms. The van der Waals surface area contributed by atoms with Crippen molar-refractivity contribution in [3.63, 3.8) is 0 Å². The van der Waals surface area contributed by atoms with Crippen LogP contribution in [0.5, 0.6) is 0 Å². The van der Waals surface area contributed by atoms with Gasteiger partial charge in [0.25, 0.3) is 0 Å². The van der Waals surface area contributed by atoms with Gasteiger partial charge in [0.15, 0.2) is 0 Å². The highest BCUT2D eigenvalue weighted by Crippen LogP contribution is 2.17. The van der Waals surface area contributed by atoms with Crippen LogP contribution >= 0.6 is 0 Å². The third-order valence-electron chi connectivity index (χ3n) is 6.66. The molecule has 0 aliphatic carbocycles. The molecule has 0 spiro atoms. The van der Waals surface area contributed by atoms with Crippen molar-refractivity contribution in [1.29, 1.82) is 5.26 Å². The molecule has 0 amide bonds. The number of aliphatic hydroxyl groups excluding tert-OH is 1. The maximum absolute atomic E-state index is 13.9. The summed E-state index contributed by atoms with van der Waals surface area (Å²) in [6.07, 6.45) is 21.0. The molecule has 0 saturated carbocycles. The van der Waals surface area contributed by atoms with Crippen molar-refractivity contribution in [1.82, 2.24) is 0 Å². The van der Waals surface area contributed by atoms with Crippen molar-refractivity contribution in [3.05, 3.63) is 34.6 Å². The first kappa shape index (κ1) is 31.5. The van der Waals surface area contributed by atoms with E-state index in [4.69, 9.17) is 14.7 Å². The second-order valence-corrected chi connectivity index (χ2v) is 9.86. The van der Waals surface area contributed by atoms with E-state index in [1.165, 1.54) is 102 Å². The fourth-order valence-corrected chi connectivity index (χ4v) is 4.27. The molecule has 4 nitrogen and oxygen atoms in total. The first-order valence-electron chi connectivity index (χ1n) is 14.1. The van der Waals surface area contributed by atoms with E-state index in [0.29, 0.717) is 29.9 Å². The minimum Gasteiger partial charge on any atom is -0.394 e. The van der Waals surface area contributed by atoms with Crippen LogP contribution in [0.1, 0.15) is 126 Å². The summed E-state index contributed by atoms with van der Waals surface area (Å²) in [5.41, 5.74) is 1.24. The number of unbranched alkanes of at least 4 members (excludes halogenated alkanes) is 15. The summed E-state index contributed by atoms with van der Waals surface area (Å²) in [5, 5.41) is 18.6. The van der Waals surface area contributed by atoms with Crippen molar-refractivity contribution >= 4 is 0 Å². The van der Waals surface area contributed by atoms with Crippen LogP contribution < -0.4 is 0 Å². The summed E-state index contributed by atoms with van der Waals surface area (Å²) in [4.78, 5) is 0. The number of nitriles is 1. The SMILES string of the molecule is CCCCCCCCCCCCCCCCCCOC[C@H](CO)OCc1cc(F)c(C)c(C#N)c1. The van der Waals surface area contributed by atoms with Crippen LogP contribution in [0.25, 0.3) is 0 Å². The van der Waals surface area contributed by atoms with E-state index < -0.39 is 11.9 Å². The number of benzene rings is 1. The zero-order valence-electron chi connectivity index (χ0n) is 22.5. The van der Waals surface area contributed by atoms with Gasteiger partial charge in [-0.3, -0.25) is 0 Å². The predicted octanol–water partition coefficient (Wildman–Crippen LogP) is 8.16. The lowest BCUT2D eigenvalue weighted by Gasteiger charge is -2.16. The zero-order valence-corrected chi connectivity index (χ0v) is 22.5. The van der Waals surface area contributed by atoms with Gasteiger partial charge in [0.2, 0.25) is 0 Å². The lowest BCUT2D eigenvalue weighted by molar-refractivity contribution is -0.0503. The first-order valence-corrected chi connectivity index (χ1v) is 14.1. The Morgan fingerprint density at radius 1 is 0.857 bits per heavy atom. The molecule has 0 fully saturated rings. The third kappa shape index (κ3) is 16.0. The van der Waals surface area contributed by atoms with Crippen LogP contribution in [-0.2, 0) is 16.1 Å². The molecule has 1 N–H and O–H groups in total. The molecule has 1 rings (SSSR count). The van der Waals surface area contributed by atoms with Gasteiger partial charge < -0.3 is 14.6 Å². The number of nitrogens with zero attached hydrogens (tertiary/aromatic N) is 1. The molecule has 0 aromatic heterocycles. The lowest BCUT2D eigenvalue weighted by atomic mass is 10.0. The minimum absolute atomic E-state index is 0.138. The monoisotopic (exact) mass is 491 g/mol. The maximum atomic E-state index is 13.9. The van der Waals surface area contributed by atoms with Crippen molar-refractivity contribution in [2.24, 2.45) is 0 Å². The zero-order chi connectivity index (χ0) is 25.6. The van der Waals surface area contributed by atoms with E-state index in [2.05, 4.69) is 6.92 Å². The summed E-state index contributed by atoms with van der Waals surface area (Å²) in [6, 6.07) is 5.00. The van der Waals surface area contributed by atoms with Crippen molar-refractivity contribution < 1.29 is 19.0 Å². The average Bonchev–Trinajstić information content (AvgIpc) is 2.86. The van der Waals surface area contributed by atoms with E-state index in [1.54, 1.807) is 13.0 Å². The number of ether oxygens (including phenoxy) is 2. The number of hydrogen-bond donors (Lipinski definition) is 1. The molecule has 0 bridgehead atoms. The van der Waals surface area contributed by atoms with Crippen molar-refractivity contribution in [2.45, 2.75) is 129 Å². The molecular weight excluding hydrogens is 441 g/mol. The fourth-order valence-electron chi connectivity index (χ4n) is 4.27. The van der Waals surface area contributed by atoms with Gasteiger partial charge in [0.05, 0.1) is 31.5 Å². The van der Waals surface area contributed by atoms with Gasteiger partial charge in [-0.05, 0) is 31.0 Å². The number of halogens is 1. The molecule has 1 aromatic rings. The molecule has 35 heavy (non-hydrogen) atoms. The van der Waals surface area contributed by atoms with Gasteiger partial charge in [0.1, 0.15) is 11.9 Å². The Morgan fingerprint density at radius 2 is 1.37 bits per heavy atom. The normalized spacial score (nSPS) is 12.1. The quantitative estimate of drug-likeness (QED) is 0.157. The van der Waals surface area contributed by atoms with E-state index in [1.807, 2.05) is 6.07 Å². The summed E-state index contributed by atoms with van der Waals surface area (Å²) >= 11 is 0. The molecule has 0 aliphatic rings. The number of hydrogen-bond acceptors (Lipinski definition) is 4. The summed E-state index contributed by atoms with van der Waals surface area (Å²) in [6.45, 7) is 4.82. The van der Waals surface area contributed by atoms with Gasteiger partial charge in [-0.1, -0.05) is 103 Å². The van der Waals surface area contributed by atoms with E-state index >= 15 is 0 Å². The predicted molar refractivity (Wildman–Crippen MR) is 142 cm³/mol. The molecule has 1 atom stereocenters. The van der Waals surface area contributed by atoms with Gasteiger partial charge >= 0.3 is 0 Å². The maximum Gasteiger partial charge on any atom is 0.127 e. The highest BCUT2D eigenvalue weighted by Gasteiger charge is 2.11. The highest BCUT2D eigenvalue weighted by atomic mass is 19.1. The van der Waals surface area contributed by atoms with Crippen LogP contribution in [0.15, 0.2) is 12.1 Å². The first-order chi connectivity index (χ1) is 17.1. The molecule has 0 aliphatic heterocycles. The van der Waals surface area contributed by atoms with E-state index in [9.17, 15) is 9.50 Å². The van der Waals surface area contributed by atoms with Gasteiger partial charge in [0, 0.05) is 12.2 Å². The largest absolute Gasteiger partial charge is 0.394 e. The molecule has 0 radical (unpaired) electrons. The Kier molecular flexibility index (Phi) is 19.6. The Balaban J connectivity index is 1.93. The van der Waals surface area contributed by atoms with Crippen LogP contribution in [0.3, 0.4) is 0 Å². The average molecular weight is 492 g/mol. The third-order valence-corrected chi connectivity index (χ3v) is 6.66. The van der Waals surface area contributed by atoms with Gasteiger partial charge in [-0.2, -0.15) is 5.26 Å². The second kappa shape index (κ2) is 21.8. The van der Waals surface area contributed by atoms with Gasteiger partial charge in [-0.15, -0.1) is 0 Å². The van der Waals surface area contributed by atoms with E-state index in [0.717, 1.165) is 6.42 Å². The molecular formula is C30H50FNO3. The second-order valence-electron chi connectivity index (χ2n) is 9.86.